The molecule has 0 atom stereocenters. The second-order valence-corrected chi connectivity index (χ2v) is 6.30. The van der Waals surface area contributed by atoms with Crippen molar-refractivity contribution in [3.05, 3.63) is 0 Å². The van der Waals surface area contributed by atoms with Crippen LogP contribution in [0.3, 0.4) is 0 Å². The van der Waals surface area contributed by atoms with Gasteiger partial charge in [-0.2, -0.15) is 0 Å². The molecule has 0 radical (unpaired) electrons. The van der Waals surface area contributed by atoms with Crippen LogP contribution < -0.4 is 0 Å². The van der Waals surface area contributed by atoms with Crippen molar-refractivity contribution in [2.75, 3.05) is 7.11 Å². The molecular weight excluding hydrogens is 288 g/mol. The van der Waals surface area contributed by atoms with Gasteiger partial charge in [-0.05, 0) is 56.3 Å². The van der Waals surface area contributed by atoms with Crippen molar-refractivity contribution in [2.45, 2.75) is 98.5 Å². The van der Waals surface area contributed by atoms with Crippen molar-refractivity contribution in [2.24, 2.45) is 17.8 Å². The maximum Gasteiger partial charge on any atom is 0.508 e. The summed E-state index contributed by atoms with van der Waals surface area (Å²) in [5.74, 6) is 2.78. The molecule has 2 aliphatic carbocycles. The van der Waals surface area contributed by atoms with Crippen LogP contribution in [0, 0.1) is 17.8 Å². The van der Waals surface area contributed by atoms with Crippen molar-refractivity contribution < 1.29 is 14.3 Å². The van der Waals surface area contributed by atoms with Crippen LogP contribution in [-0.4, -0.2) is 19.4 Å². The molecule has 0 saturated heterocycles. The molecule has 2 rings (SSSR count). The Morgan fingerprint density at radius 3 is 1.65 bits per heavy atom. The van der Waals surface area contributed by atoms with Crippen molar-refractivity contribution >= 4 is 6.16 Å². The Morgan fingerprint density at radius 1 is 0.826 bits per heavy atom. The van der Waals surface area contributed by atoms with Crippen LogP contribution in [0.5, 0.6) is 0 Å². The molecule has 0 aromatic rings. The predicted molar refractivity (Wildman–Crippen MR) is 97.7 cm³/mol. The van der Waals surface area contributed by atoms with Gasteiger partial charge in [0, 0.05) is 0 Å². The van der Waals surface area contributed by atoms with Crippen LogP contribution in [0.1, 0.15) is 92.4 Å². The smallest absolute Gasteiger partial charge is 0.438 e. The molecule has 3 heteroatoms. The highest BCUT2D eigenvalue weighted by atomic mass is 16.7. The molecule has 23 heavy (non-hydrogen) atoms. The monoisotopic (exact) mass is 328 g/mol. The highest BCUT2D eigenvalue weighted by molar-refractivity contribution is 5.59. The predicted octanol–water partition coefficient (Wildman–Crippen LogP) is 6.60. The normalized spacial score (nSPS) is 30.0. The number of methoxy groups -OCH3 is 1. The Balaban J connectivity index is 0.00000112. The molecule has 0 amide bonds. The molecule has 0 spiro atoms. The Morgan fingerprint density at radius 2 is 1.26 bits per heavy atom. The van der Waals surface area contributed by atoms with E-state index in [1.54, 1.807) is 0 Å². The lowest BCUT2D eigenvalue weighted by Gasteiger charge is -2.37. The average molecular weight is 329 g/mol. The molecule has 0 bridgehead atoms. The number of hydrogen-bond donors (Lipinski definition) is 0. The van der Waals surface area contributed by atoms with Gasteiger partial charge in [-0.25, -0.2) is 4.79 Å². The second-order valence-electron chi connectivity index (χ2n) is 6.30. The van der Waals surface area contributed by atoms with Crippen LogP contribution in [0.25, 0.3) is 0 Å². The Labute approximate surface area is 144 Å². The summed E-state index contributed by atoms with van der Waals surface area (Å²) < 4.78 is 9.81. The average Bonchev–Trinajstić information content (AvgIpc) is 2.65. The van der Waals surface area contributed by atoms with Crippen LogP contribution >= 0.6 is 0 Å². The minimum Gasteiger partial charge on any atom is -0.438 e. The zero-order valence-electron chi connectivity index (χ0n) is 16.4. The zero-order chi connectivity index (χ0) is 17.7. The van der Waals surface area contributed by atoms with Gasteiger partial charge in [-0.15, -0.1) is 0 Å². The minimum absolute atomic E-state index is 0.0932. The van der Waals surface area contributed by atoms with Crippen molar-refractivity contribution in [1.82, 2.24) is 0 Å². The first-order chi connectivity index (χ1) is 11.2. The van der Waals surface area contributed by atoms with Gasteiger partial charge in [0.2, 0.25) is 0 Å². The Bertz CT molecular complexity index is 275. The maximum absolute atomic E-state index is 11.1. The summed E-state index contributed by atoms with van der Waals surface area (Å²) in [6.45, 7) is 10.3. The van der Waals surface area contributed by atoms with E-state index >= 15 is 0 Å². The molecule has 2 fully saturated rings. The molecule has 0 heterocycles. The van der Waals surface area contributed by atoms with E-state index in [1.807, 2.05) is 27.7 Å². The number of hydrogen-bond acceptors (Lipinski definition) is 3. The number of carbonyl (C=O) groups is 1. The molecule has 2 saturated carbocycles. The standard InChI is InChI=1S/C16H28O3.2C2H6/c1-3-12-4-6-13(7-5-12)14-8-10-15(11-9-14)19-16(17)18-2;2*1-2/h12-15H,3-11H2,1-2H3;2*1-2H3. The first-order valence-electron chi connectivity index (χ1n) is 9.97. The zero-order valence-corrected chi connectivity index (χ0v) is 16.4. The lowest BCUT2D eigenvalue weighted by Crippen LogP contribution is -2.29. The molecule has 0 aromatic heterocycles. The van der Waals surface area contributed by atoms with Gasteiger partial charge in [0.1, 0.15) is 6.10 Å². The molecule has 138 valence electrons. The van der Waals surface area contributed by atoms with Crippen LogP contribution in [0.15, 0.2) is 0 Å². The first kappa shape index (κ1) is 22.3. The van der Waals surface area contributed by atoms with Gasteiger partial charge < -0.3 is 9.47 Å². The van der Waals surface area contributed by atoms with Crippen molar-refractivity contribution in [3.63, 3.8) is 0 Å². The maximum atomic E-state index is 11.1. The number of carbonyl (C=O) groups excluding carboxylic acids is 1. The van der Waals surface area contributed by atoms with E-state index < -0.39 is 6.16 Å². The van der Waals surface area contributed by atoms with E-state index in [1.165, 1.54) is 52.1 Å². The summed E-state index contributed by atoms with van der Waals surface area (Å²) in [4.78, 5) is 11.1. The Hall–Kier alpha value is -0.730. The highest BCUT2D eigenvalue weighted by Crippen LogP contribution is 2.41. The fourth-order valence-electron chi connectivity index (χ4n) is 3.93. The van der Waals surface area contributed by atoms with Gasteiger partial charge in [0.05, 0.1) is 7.11 Å². The topological polar surface area (TPSA) is 35.5 Å². The Kier molecular flexibility index (Phi) is 13.3. The fraction of sp³-hybridized carbons (Fsp3) is 0.950. The van der Waals surface area contributed by atoms with Gasteiger partial charge in [-0.3, -0.25) is 0 Å². The van der Waals surface area contributed by atoms with E-state index in [0.29, 0.717) is 0 Å². The fourth-order valence-corrected chi connectivity index (χ4v) is 3.93. The summed E-state index contributed by atoms with van der Waals surface area (Å²) in [6.07, 6.45) is 11.1. The summed E-state index contributed by atoms with van der Waals surface area (Å²) in [5.41, 5.74) is 0. The largest absolute Gasteiger partial charge is 0.508 e. The summed E-state index contributed by atoms with van der Waals surface area (Å²) in [5, 5.41) is 0. The SMILES string of the molecule is CC.CC.CCC1CCC(C2CCC(OC(=O)OC)CC2)CC1. The van der Waals surface area contributed by atoms with Gasteiger partial charge in [0.15, 0.2) is 0 Å². The summed E-state index contributed by atoms with van der Waals surface area (Å²) in [7, 11) is 1.38. The first-order valence-corrected chi connectivity index (χ1v) is 9.97. The molecular formula is C20H40O3. The van der Waals surface area contributed by atoms with E-state index in [4.69, 9.17) is 4.74 Å². The molecule has 2 aliphatic rings. The summed E-state index contributed by atoms with van der Waals surface area (Å²) >= 11 is 0. The quantitative estimate of drug-likeness (QED) is 0.548. The van der Waals surface area contributed by atoms with Crippen LogP contribution in [0.4, 0.5) is 4.79 Å². The lowest BCUT2D eigenvalue weighted by molar-refractivity contribution is 0.00919. The third-order valence-corrected chi connectivity index (χ3v) is 5.28. The van der Waals surface area contributed by atoms with Gasteiger partial charge in [0.25, 0.3) is 0 Å². The summed E-state index contributed by atoms with van der Waals surface area (Å²) in [6, 6.07) is 0. The van der Waals surface area contributed by atoms with Gasteiger partial charge in [-0.1, -0.05) is 53.9 Å². The third-order valence-electron chi connectivity index (χ3n) is 5.28. The van der Waals surface area contributed by atoms with E-state index in [2.05, 4.69) is 11.7 Å². The molecule has 0 aliphatic heterocycles. The van der Waals surface area contributed by atoms with Crippen LogP contribution in [0.2, 0.25) is 0 Å². The molecule has 0 aromatic carbocycles. The molecule has 0 unspecified atom stereocenters. The van der Waals surface area contributed by atoms with E-state index in [0.717, 1.165) is 30.6 Å². The number of ether oxygens (including phenoxy) is 2. The second kappa shape index (κ2) is 13.7. The number of rotatable bonds is 3. The van der Waals surface area contributed by atoms with E-state index in [9.17, 15) is 4.79 Å². The third kappa shape index (κ3) is 8.08. The van der Waals surface area contributed by atoms with Crippen molar-refractivity contribution in [3.8, 4) is 0 Å². The van der Waals surface area contributed by atoms with Crippen LogP contribution in [-0.2, 0) is 9.47 Å². The van der Waals surface area contributed by atoms with E-state index in [-0.39, 0.29) is 6.10 Å². The molecule has 3 nitrogen and oxygen atoms in total. The molecule has 0 N–H and O–H groups in total. The highest BCUT2D eigenvalue weighted by Gasteiger charge is 2.31. The van der Waals surface area contributed by atoms with Gasteiger partial charge >= 0.3 is 6.16 Å². The van der Waals surface area contributed by atoms with Crippen molar-refractivity contribution in [1.29, 1.82) is 0 Å². The minimum atomic E-state index is -0.521. The lowest BCUT2D eigenvalue weighted by atomic mass is 9.70.